The maximum atomic E-state index is 4.21. The molecule has 2 N–H and O–H groups in total. The molecule has 1 aliphatic rings. The monoisotopic (exact) mass is 362 g/mol. The second-order valence-corrected chi connectivity index (χ2v) is 4.77. The number of aliphatic imine (C=N–C) groups is 1. The van der Waals surface area contributed by atoms with Crippen LogP contribution >= 0.6 is 24.0 Å². The van der Waals surface area contributed by atoms with Gasteiger partial charge >= 0.3 is 0 Å². The highest BCUT2D eigenvalue weighted by molar-refractivity contribution is 14.0. The molecule has 0 aromatic carbocycles. The summed E-state index contributed by atoms with van der Waals surface area (Å²) in [6.45, 7) is 1.85. The number of halogens is 1. The Morgan fingerprint density at radius 3 is 2.78 bits per heavy atom. The number of guanidine groups is 1. The van der Waals surface area contributed by atoms with E-state index in [-0.39, 0.29) is 24.0 Å². The fourth-order valence-electron chi connectivity index (χ4n) is 1.87. The molecule has 1 saturated carbocycles. The van der Waals surface area contributed by atoms with Gasteiger partial charge in [-0.25, -0.2) is 0 Å². The summed E-state index contributed by atoms with van der Waals surface area (Å²) >= 11 is 0. The third-order valence-electron chi connectivity index (χ3n) is 3.12. The summed E-state index contributed by atoms with van der Waals surface area (Å²) in [5.41, 5.74) is 1.28. The highest BCUT2D eigenvalue weighted by Crippen LogP contribution is 2.31. The second kappa shape index (κ2) is 7.66. The molecule has 0 atom stereocenters. The number of nitrogens with one attached hydrogen (secondary N) is 2. The first-order valence-corrected chi connectivity index (χ1v) is 6.33. The summed E-state index contributed by atoms with van der Waals surface area (Å²) in [7, 11) is 3.85. The smallest absolute Gasteiger partial charge is 0.191 e. The van der Waals surface area contributed by atoms with Crippen molar-refractivity contribution in [3.8, 4) is 0 Å². The fraction of sp³-hybridized carbons (Fsp3) is 0.615. The zero-order valence-corrected chi connectivity index (χ0v) is 13.5. The quantitative estimate of drug-likeness (QED) is 0.479. The normalized spacial score (nSPS) is 15.1. The lowest BCUT2D eigenvalue weighted by Gasteiger charge is -2.10. The molecule has 4 nitrogen and oxygen atoms in total. The molecule has 0 bridgehead atoms. The molecule has 0 aliphatic heterocycles. The lowest BCUT2D eigenvalue weighted by atomic mass is 10.3. The van der Waals surface area contributed by atoms with Crippen LogP contribution in [0.4, 0.5) is 0 Å². The molecule has 1 heterocycles. The number of rotatable bonds is 5. The van der Waals surface area contributed by atoms with Gasteiger partial charge in [-0.2, -0.15) is 0 Å². The van der Waals surface area contributed by atoms with Crippen LogP contribution < -0.4 is 10.6 Å². The van der Waals surface area contributed by atoms with E-state index in [4.69, 9.17) is 0 Å². The summed E-state index contributed by atoms with van der Waals surface area (Å²) in [5.74, 6) is 1.87. The summed E-state index contributed by atoms with van der Waals surface area (Å²) < 4.78 is 2.06. The first-order chi connectivity index (χ1) is 8.28. The highest BCUT2D eigenvalue weighted by atomic mass is 127. The Labute approximate surface area is 126 Å². The van der Waals surface area contributed by atoms with Crippen molar-refractivity contribution in [3.05, 3.63) is 24.0 Å². The number of hydrogen-bond donors (Lipinski definition) is 2. The molecule has 102 valence electrons. The average molecular weight is 362 g/mol. The predicted molar refractivity (Wildman–Crippen MR) is 86.4 cm³/mol. The molecule has 2 rings (SSSR count). The molecule has 1 aliphatic carbocycles. The number of aryl methyl sites for hydroxylation is 1. The lowest BCUT2D eigenvalue weighted by molar-refractivity contribution is 0.684. The minimum absolute atomic E-state index is 0. The zero-order chi connectivity index (χ0) is 12.1. The summed E-state index contributed by atoms with van der Waals surface area (Å²) in [6.07, 6.45) is 8.27. The van der Waals surface area contributed by atoms with Gasteiger partial charge in [-0.3, -0.25) is 4.99 Å². The maximum absolute atomic E-state index is 4.21. The van der Waals surface area contributed by atoms with Crippen molar-refractivity contribution in [1.82, 2.24) is 15.2 Å². The Morgan fingerprint density at radius 1 is 1.44 bits per heavy atom. The van der Waals surface area contributed by atoms with Crippen LogP contribution in [0.25, 0.3) is 0 Å². The summed E-state index contributed by atoms with van der Waals surface area (Å²) in [4.78, 5) is 4.21. The predicted octanol–water partition coefficient (Wildman–Crippen LogP) is 2.11. The number of aromatic nitrogens is 1. The minimum Gasteiger partial charge on any atom is -0.357 e. The minimum atomic E-state index is 0. The SMILES string of the molecule is CN=C(NCCC1CC1)NCc1ccn(C)c1.I. The van der Waals surface area contributed by atoms with Crippen molar-refractivity contribution < 1.29 is 0 Å². The van der Waals surface area contributed by atoms with Crippen molar-refractivity contribution >= 4 is 29.9 Å². The van der Waals surface area contributed by atoms with Crippen molar-refractivity contribution in [2.45, 2.75) is 25.8 Å². The van der Waals surface area contributed by atoms with Crippen molar-refractivity contribution in [2.24, 2.45) is 18.0 Å². The van der Waals surface area contributed by atoms with E-state index in [0.717, 1.165) is 25.0 Å². The van der Waals surface area contributed by atoms with E-state index in [1.165, 1.54) is 24.8 Å². The van der Waals surface area contributed by atoms with Crippen molar-refractivity contribution in [1.29, 1.82) is 0 Å². The molecular formula is C13H23IN4. The van der Waals surface area contributed by atoms with E-state index in [9.17, 15) is 0 Å². The molecule has 0 unspecified atom stereocenters. The molecule has 0 spiro atoms. The van der Waals surface area contributed by atoms with E-state index in [0.29, 0.717) is 0 Å². The molecule has 1 fully saturated rings. The first kappa shape index (κ1) is 15.3. The van der Waals surface area contributed by atoms with E-state index >= 15 is 0 Å². The maximum Gasteiger partial charge on any atom is 0.191 e. The van der Waals surface area contributed by atoms with Gasteiger partial charge in [0.1, 0.15) is 0 Å². The molecule has 5 heteroatoms. The molecule has 1 aromatic rings. The molecule has 0 radical (unpaired) electrons. The van der Waals surface area contributed by atoms with Crippen LogP contribution in [-0.2, 0) is 13.6 Å². The van der Waals surface area contributed by atoms with Gasteiger partial charge in [0.25, 0.3) is 0 Å². The first-order valence-electron chi connectivity index (χ1n) is 6.33. The van der Waals surface area contributed by atoms with Crippen LogP contribution in [-0.4, -0.2) is 24.1 Å². The highest BCUT2D eigenvalue weighted by Gasteiger charge is 2.20. The van der Waals surface area contributed by atoms with Crippen LogP contribution in [0.15, 0.2) is 23.5 Å². The van der Waals surface area contributed by atoms with Crippen LogP contribution in [0, 0.1) is 5.92 Å². The summed E-state index contributed by atoms with van der Waals surface area (Å²) in [6, 6.07) is 2.12. The van der Waals surface area contributed by atoms with Crippen LogP contribution in [0.2, 0.25) is 0 Å². The molecule has 18 heavy (non-hydrogen) atoms. The van der Waals surface area contributed by atoms with Gasteiger partial charge in [-0.05, 0) is 24.0 Å². The topological polar surface area (TPSA) is 41.4 Å². The Bertz CT molecular complexity index is 382. The third kappa shape index (κ3) is 5.29. The van der Waals surface area contributed by atoms with E-state index in [2.05, 4.69) is 38.7 Å². The largest absolute Gasteiger partial charge is 0.357 e. The molecular weight excluding hydrogens is 339 g/mol. The van der Waals surface area contributed by atoms with Crippen LogP contribution in [0.3, 0.4) is 0 Å². The Hall–Kier alpha value is -0.720. The standard InChI is InChI=1S/C13H22N4.HI/c1-14-13(15-7-5-11-3-4-11)16-9-12-6-8-17(2)10-12;/h6,8,10-11H,3-5,7,9H2,1-2H3,(H2,14,15,16);1H. The Kier molecular flexibility index (Phi) is 6.52. The zero-order valence-electron chi connectivity index (χ0n) is 11.1. The second-order valence-electron chi connectivity index (χ2n) is 4.77. The van der Waals surface area contributed by atoms with E-state index in [1.54, 1.807) is 0 Å². The van der Waals surface area contributed by atoms with Crippen LogP contribution in [0.1, 0.15) is 24.8 Å². The van der Waals surface area contributed by atoms with Gasteiger partial charge in [0.2, 0.25) is 0 Å². The number of nitrogens with zero attached hydrogens (tertiary/aromatic N) is 2. The van der Waals surface area contributed by atoms with Gasteiger partial charge in [0.05, 0.1) is 0 Å². The Morgan fingerprint density at radius 2 is 2.22 bits per heavy atom. The van der Waals surface area contributed by atoms with E-state index in [1.807, 2.05) is 14.1 Å². The van der Waals surface area contributed by atoms with Gasteiger partial charge < -0.3 is 15.2 Å². The van der Waals surface area contributed by atoms with Crippen LogP contribution in [0.5, 0.6) is 0 Å². The average Bonchev–Trinajstić information content (AvgIpc) is 3.06. The Balaban J connectivity index is 0.00000162. The van der Waals surface area contributed by atoms with Gasteiger partial charge in [-0.1, -0.05) is 12.8 Å². The number of hydrogen-bond acceptors (Lipinski definition) is 1. The van der Waals surface area contributed by atoms with Gasteiger partial charge in [0, 0.05) is 39.6 Å². The third-order valence-corrected chi connectivity index (χ3v) is 3.12. The van der Waals surface area contributed by atoms with E-state index < -0.39 is 0 Å². The molecule has 1 aromatic heterocycles. The van der Waals surface area contributed by atoms with Crippen molar-refractivity contribution in [2.75, 3.05) is 13.6 Å². The fourth-order valence-corrected chi connectivity index (χ4v) is 1.87. The van der Waals surface area contributed by atoms with Crippen molar-refractivity contribution in [3.63, 3.8) is 0 Å². The van der Waals surface area contributed by atoms with Gasteiger partial charge in [-0.15, -0.1) is 24.0 Å². The summed E-state index contributed by atoms with van der Waals surface area (Å²) in [5, 5.41) is 6.67. The lowest BCUT2D eigenvalue weighted by Crippen LogP contribution is -2.37. The van der Waals surface area contributed by atoms with Gasteiger partial charge in [0.15, 0.2) is 5.96 Å². The molecule has 0 amide bonds. The molecule has 0 saturated heterocycles.